The van der Waals surface area contributed by atoms with Gasteiger partial charge in [-0.1, -0.05) is 11.8 Å². The van der Waals surface area contributed by atoms with Gasteiger partial charge in [0.25, 0.3) is 0 Å². The van der Waals surface area contributed by atoms with Gasteiger partial charge in [0.2, 0.25) is 5.91 Å². The summed E-state index contributed by atoms with van der Waals surface area (Å²) in [4.78, 5) is 12.3. The molecule has 1 aromatic heterocycles. The van der Waals surface area contributed by atoms with E-state index in [9.17, 15) is 13.6 Å². The van der Waals surface area contributed by atoms with Crippen molar-refractivity contribution in [3.05, 3.63) is 54.1 Å². The lowest BCUT2D eigenvalue weighted by atomic mass is 10.2. The molecule has 0 bridgehead atoms. The highest BCUT2D eigenvalue weighted by Gasteiger charge is 2.20. The number of halogens is 2. The number of ether oxygens (including phenoxy) is 1. The van der Waals surface area contributed by atoms with E-state index in [4.69, 9.17) is 4.74 Å². The number of aromatic nitrogens is 3. The molecular weight excluding hydrogens is 386 g/mol. The van der Waals surface area contributed by atoms with Crippen LogP contribution in [0.5, 0.6) is 5.75 Å². The smallest absolute Gasteiger partial charge is 0.237 e. The summed E-state index contributed by atoms with van der Waals surface area (Å²) in [5, 5.41) is 10.7. The molecule has 2 aromatic carbocycles. The molecule has 3 rings (SSSR count). The largest absolute Gasteiger partial charge is 0.497 e. The fraction of sp³-hybridized carbons (Fsp3) is 0.211. The number of nitrogens with one attached hydrogen (secondary N) is 1. The number of nitrogens with zero attached hydrogens (tertiary/aromatic N) is 3. The third kappa shape index (κ3) is 4.30. The van der Waals surface area contributed by atoms with Gasteiger partial charge in [0, 0.05) is 18.7 Å². The van der Waals surface area contributed by atoms with E-state index < -0.39 is 22.8 Å². The molecule has 1 amide bonds. The summed E-state index contributed by atoms with van der Waals surface area (Å²) in [6.07, 6.45) is 0. The van der Waals surface area contributed by atoms with Gasteiger partial charge in [-0.25, -0.2) is 8.78 Å². The molecular formula is C19H18F2N4O2S. The minimum Gasteiger partial charge on any atom is -0.497 e. The van der Waals surface area contributed by atoms with Crippen molar-refractivity contribution < 1.29 is 18.3 Å². The van der Waals surface area contributed by atoms with Gasteiger partial charge < -0.3 is 14.6 Å². The molecule has 9 heteroatoms. The van der Waals surface area contributed by atoms with Gasteiger partial charge in [-0.2, -0.15) is 0 Å². The van der Waals surface area contributed by atoms with Crippen LogP contribution in [0.15, 0.2) is 47.6 Å². The van der Waals surface area contributed by atoms with E-state index in [1.54, 1.807) is 25.6 Å². The lowest BCUT2D eigenvalue weighted by Gasteiger charge is -2.12. The van der Waals surface area contributed by atoms with Crippen molar-refractivity contribution in [1.82, 2.24) is 14.8 Å². The summed E-state index contributed by atoms with van der Waals surface area (Å²) in [6, 6.07) is 10.4. The first-order chi connectivity index (χ1) is 13.4. The van der Waals surface area contributed by atoms with Crippen LogP contribution < -0.4 is 10.1 Å². The molecule has 1 atom stereocenters. The Morgan fingerprint density at radius 3 is 2.54 bits per heavy atom. The Labute approximate surface area is 164 Å². The molecule has 146 valence electrons. The predicted molar refractivity (Wildman–Crippen MR) is 103 cm³/mol. The number of benzene rings is 2. The highest BCUT2D eigenvalue weighted by molar-refractivity contribution is 8.00. The van der Waals surface area contributed by atoms with Crippen molar-refractivity contribution in [3.8, 4) is 17.1 Å². The number of hydrogen-bond donors (Lipinski definition) is 1. The van der Waals surface area contributed by atoms with Crippen molar-refractivity contribution in [3.63, 3.8) is 0 Å². The highest BCUT2D eigenvalue weighted by Crippen LogP contribution is 2.27. The van der Waals surface area contributed by atoms with Crippen LogP contribution in [0, 0.1) is 11.6 Å². The number of rotatable bonds is 6. The first-order valence-electron chi connectivity index (χ1n) is 8.35. The number of hydrogen-bond acceptors (Lipinski definition) is 5. The van der Waals surface area contributed by atoms with Crippen molar-refractivity contribution >= 4 is 23.4 Å². The summed E-state index contributed by atoms with van der Waals surface area (Å²) in [6.45, 7) is 1.67. The van der Waals surface area contributed by atoms with Crippen LogP contribution in [0.4, 0.5) is 14.5 Å². The number of anilines is 1. The Hall–Kier alpha value is -2.94. The van der Waals surface area contributed by atoms with Crippen LogP contribution in [0.2, 0.25) is 0 Å². The normalized spacial score (nSPS) is 11.9. The van der Waals surface area contributed by atoms with Crippen molar-refractivity contribution in [1.29, 1.82) is 0 Å². The topological polar surface area (TPSA) is 69.0 Å². The first-order valence-corrected chi connectivity index (χ1v) is 9.23. The summed E-state index contributed by atoms with van der Waals surface area (Å²) >= 11 is 1.19. The molecule has 0 saturated carbocycles. The van der Waals surface area contributed by atoms with Crippen LogP contribution >= 0.6 is 11.8 Å². The molecule has 0 fully saturated rings. The summed E-state index contributed by atoms with van der Waals surface area (Å²) < 4.78 is 33.6. The molecule has 0 aliphatic heterocycles. The second-order valence-corrected chi connectivity index (χ2v) is 7.28. The molecule has 0 aliphatic rings. The lowest BCUT2D eigenvalue weighted by molar-refractivity contribution is -0.115. The standard InChI is InChI=1S/C19H18F2N4O2S/c1-11(18(26)22-16-9-6-13(20)10-15(16)21)28-19-24-23-17(25(19)2)12-4-7-14(27-3)8-5-12/h4-11H,1-3H3,(H,22,26)/t11-/m0/s1. The fourth-order valence-corrected chi connectivity index (χ4v) is 3.26. The zero-order valence-electron chi connectivity index (χ0n) is 15.4. The number of amides is 1. The van der Waals surface area contributed by atoms with Crippen LogP contribution in [0.1, 0.15) is 6.92 Å². The van der Waals surface area contributed by atoms with Crippen molar-refractivity contribution in [2.75, 3.05) is 12.4 Å². The molecule has 6 nitrogen and oxygen atoms in total. The molecule has 0 saturated heterocycles. The Morgan fingerprint density at radius 1 is 1.18 bits per heavy atom. The molecule has 0 unspecified atom stereocenters. The van der Waals surface area contributed by atoms with E-state index in [-0.39, 0.29) is 5.69 Å². The molecule has 3 aromatic rings. The van der Waals surface area contributed by atoms with E-state index in [0.29, 0.717) is 11.0 Å². The SMILES string of the molecule is COc1ccc(-c2nnc(S[C@@H](C)C(=O)Nc3ccc(F)cc3F)n2C)cc1. The van der Waals surface area contributed by atoms with E-state index in [1.165, 1.54) is 17.8 Å². The molecule has 0 aliphatic carbocycles. The van der Waals surface area contributed by atoms with Crippen LogP contribution in [0.3, 0.4) is 0 Å². The average Bonchev–Trinajstić information content (AvgIpc) is 3.04. The second kappa shape index (κ2) is 8.39. The van der Waals surface area contributed by atoms with Gasteiger partial charge in [-0.05, 0) is 43.3 Å². The van der Waals surface area contributed by atoms with E-state index in [0.717, 1.165) is 23.4 Å². The molecule has 1 N–H and O–H groups in total. The van der Waals surface area contributed by atoms with Gasteiger partial charge in [0.1, 0.15) is 17.4 Å². The second-order valence-electron chi connectivity index (χ2n) is 5.97. The summed E-state index contributed by atoms with van der Waals surface area (Å²) in [7, 11) is 3.39. The third-order valence-corrected chi connectivity index (χ3v) is 5.16. The monoisotopic (exact) mass is 404 g/mol. The zero-order chi connectivity index (χ0) is 20.3. The minimum atomic E-state index is -0.828. The Kier molecular flexibility index (Phi) is 5.93. The van der Waals surface area contributed by atoms with Crippen LogP contribution in [0.25, 0.3) is 11.4 Å². The zero-order valence-corrected chi connectivity index (χ0v) is 16.3. The van der Waals surface area contributed by atoms with E-state index in [2.05, 4.69) is 15.5 Å². The Morgan fingerprint density at radius 2 is 1.89 bits per heavy atom. The van der Waals surface area contributed by atoms with Gasteiger partial charge in [-0.3, -0.25) is 4.79 Å². The number of methoxy groups -OCH3 is 1. The maximum atomic E-state index is 13.7. The number of carbonyl (C=O) groups is 1. The van der Waals surface area contributed by atoms with Crippen LogP contribution in [-0.2, 0) is 11.8 Å². The minimum absolute atomic E-state index is 0.0734. The maximum absolute atomic E-state index is 13.7. The van der Waals surface area contributed by atoms with Gasteiger partial charge in [0.15, 0.2) is 11.0 Å². The average molecular weight is 404 g/mol. The molecule has 1 heterocycles. The quantitative estimate of drug-likeness (QED) is 0.632. The molecule has 0 spiro atoms. The lowest BCUT2D eigenvalue weighted by Crippen LogP contribution is -2.23. The highest BCUT2D eigenvalue weighted by atomic mass is 32.2. The van der Waals surface area contributed by atoms with E-state index in [1.807, 2.05) is 24.3 Å². The summed E-state index contributed by atoms with van der Waals surface area (Å²) in [5.74, 6) is -0.584. The third-order valence-electron chi connectivity index (χ3n) is 4.02. The summed E-state index contributed by atoms with van der Waals surface area (Å²) in [5.41, 5.74) is 0.781. The van der Waals surface area contributed by atoms with E-state index >= 15 is 0 Å². The first kappa shape index (κ1) is 19.8. The maximum Gasteiger partial charge on any atom is 0.237 e. The Balaban J connectivity index is 1.70. The number of thioether (sulfide) groups is 1. The fourth-order valence-electron chi connectivity index (χ4n) is 2.45. The molecule has 28 heavy (non-hydrogen) atoms. The predicted octanol–water partition coefficient (Wildman–Crippen LogP) is 3.89. The van der Waals surface area contributed by atoms with Gasteiger partial charge in [0.05, 0.1) is 18.0 Å². The Bertz CT molecular complexity index is 992. The van der Waals surface area contributed by atoms with Gasteiger partial charge in [-0.15, -0.1) is 10.2 Å². The van der Waals surface area contributed by atoms with Gasteiger partial charge >= 0.3 is 0 Å². The van der Waals surface area contributed by atoms with Crippen molar-refractivity contribution in [2.24, 2.45) is 7.05 Å². The van der Waals surface area contributed by atoms with Crippen molar-refractivity contribution in [2.45, 2.75) is 17.3 Å². The van der Waals surface area contributed by atoms with Crippen LogP contribution in [-0.4, -0.2) is 33.0 Å². The molecule has 0 radical (unpaired) electrons. The number of carbonyl (C=O) groups excluding carboxylic acids is 1.